The van der Waals surface area contributed by atoms with Crippen molar-refractivity contribution in [3.05, 3.63) is 35.3 Å². The Bertz CT molecular complexity index is 798. The summed E-state index contributed by atoms with van der Waals surface area (Å²) in [5.74, 6) is -3.99. The summed E-state index contributed by atoms with van der Waals surface area (Å²) < 4.78 is 110. The van der Waals surface area contributed by atoms with E-state index in [9.17, 15) is 9.59 Å². The van der Waals surface area contributed by atoms with E-state index in [0.29, 0.717) is 0 Å². The van der Waals surface area contributed by atoms with Crippen LogP contribution in [0.3, 0.4) is 0 Å². The summed E-state index contributed by atoms with van der Waals surface area (Å²) in [5.41, 5.74) is -2.72. The lowest BCUT2D eigenvalue weighted by molar-refractivity contribution is 0.0479. The van der Waals surface area contributed by atoms with E-state index in [0.717, 1.165) is 0 Å². The van der Waals surface area contributed by atoms with Crippen LogP contribution in [-0.2, 0) is 9.47 Å². The normalized spacial score (nSPS) is 25.8. The van der Waals surface area contributed by atoms with E-state index in [1.54, 1.807) is 0 Å². The second kappa shape index (κ2) is 5.90. The number of carbonyl (C=O) groups excluding carboxylic acids is 2. The molecule has 0 saturated heterocycles. The minimum Gasteiger partial charge on any atom is -0.462 e. The molecule has 1 aromatic carbocycles. The number of esters is 2. The fraction of sp³-hybridized carbons (Fsp3) is 0.333. The van der Waals surface area contributed by atoms with E-state index in [1.165, 1.54) is 0 Å². The molecular weight excluding hydrogens is 208 g/mol. The highest BCUT2D eigenvalue weighted by atomic mass is 16.5. The van der Waals surface area contributed by atoms with E-state index in [2.05, 4.69) is 9.47 Å². The van der Waals surface area contributed by atoms with Crippen LogP contribution in [0.25, 0.3) is 0 Å². The van der Waals surface area contributed by atoms with Crippen LogP contribution >= 0.6 is 0 Å². The van der Waals surface area contributed by atoms with Crippen LogP contribution in [-0.4, -0.2) is 25.1 Å². The Morgan fingerprint density at radius 3 is 2.00 bits per heavy atom. The number of benzene rings is 1. The Kier molecular flexibility index (Phi) is 1.14. The maximum absolute atomic E-state index is 12.4. The van der Waals surface area contributed by atoms with E-state index in [-0.39, 0.29) is 0 Å². The van der Waals surface area contributed by atoms with Crippen molar-refractivity contribution in [3.63, 3.8) is 0 Å². The van der Waals surface area contributed by atoms with Crippen molar-refractivity contribution in [2.45, 2.75) is 13.7 Å². The van der Waals surface area contributed by atoms with Crippen LogP contribution in [0, 0.1) is 0 Å². The average molecular weight is 236 g/mol. The van der Waals surface area contributed by atoms with Gasteiger partial charge in [0.2, 0.25) is 0 Å². The van der Waals surface area contributed by atoms with E-state index >= 15 is 0 Å². The van der Waals surface area contributed by atoms with Crippen LogP contribution in [0.1, 0.15) is 53.6 Å². The monoisotopic (exact) mass is 236 g/mol. The number of rotatable bonds is 4. The van der Waals surface area contributed by atoms with Crippen LogP contribution in [0.2, 0.25) is 0 Å². The third kappa shape index (κ3) is 2.82. The molecule has 1 rings (SSSR count). The average Bonchev–Trinajstić information content (AvgIpc) is 2.52. The van der Waals surface area contributed by atoms with Crippen molar-refractivity contribution in [3.8, 4) is 0 Å². The van der Waals surface area contributed by atoms with Gasteiger partial charge in [-0.2, -0.15) is 0 Å². The van der Waals surface area contributed by atoms with Gasteiger partial charge >= 0.3 is 11.9 Å². The van der Waals surface area contributed by atoms with Crippen molar-refractivity contribution in [1.29, 1.82) is 0 Å². The lowest BCUT2D eigenvalue weighted by Gasteiger charge is -2.07. The summed E-state index contributed by atoms with van der Waals surface area (Å²) >= 11 is 0. The molecule has 4 nitrogen and oxygen atoms in total. The topological polar surface area (TPSA) is 52.6 Å². The summed E-state index contributed by atoms with van der Waals surface area (Å²) in [7, 11) is 0. The number of hydrogen-bond donors (Lipinski definition) is 0. The van der Waals surface area contributed by atoms with Gasteiger partial charge in [0.1, 0.15) is 0 Å². The molecule has 0 bridgehead atoms. The van der Waals surface area contributed by atoms with Crippen LogP contribution in [0.5, 0.6) is 0 Å². The molecule has 0 radical (unpaired) electrons. The Morgan fingerprint density at radius 1 is 1.19 bits per heavy atom. The maximum atomic E-state index is 12.4. The molecule has 0 atom stereocenters. The number of hydrogen-bond acceptors (Lipinski definition) is 4. The maximum Gasteiger partial charge on any atom is 0.338 e. The van der Waals surface area contributed by atoms with Crippen molar-refractivity contribution >= 4 is 11.9 Å². The number of carbonyl (C=O) groups is 2. The quantitative estimate of drug-likeness (QED) is 0.751. The molecule has 0 aromatic heterocycles. The van der Waals surface area contributed by atoms with Gasteiger partial charge in [-0.25, -0.2) is 9.59 Å². The van der Waals surface area contributed by atoms with Gasteiger partial charge in [-0.05, 0) is 25.8 Å². The van der Waals surface area contributed by atoms with Crippen molar-refractivity contribution in [2.75, 3.05) is 13.1 Å². The fourth-order valence-corrected chi connectivity index (χ4v) is 0.813. The first-order valence-electron chi connectivity index (χ1n) is 10.7. The summed E-state index contributed by atoms with van der Waals surface area (Å²) in [6.07, 6.45) is 0. The molecule has 0 heterocycles. The molecule has 0 N–H and O–H groups in total. The summed E-state index contributed by atoms with van der Waals surface area (Å²) in [4.78, 5) is 24.7. The van der Waals surface area contributed by atoms with Gasteiger partial charge in [-0.3, -0.25) is 0 Å². The number of ether oxygens (including phenoxy) is 2. The zero-order valence-electron chi connectivity index (χ0n) is 21.6. The molecule has 4 heteroatoms. The Labute approximate surface area is 114 Å². The van der Waals surface area contributed by atoms with Crippen LogP contribution in [0.15, 0.2) is 24.2 Å². The van der Waals surface area contributed by atoms with E-state index in [1.807, 2.05) is 0 Å². The molecule has 0 aliphatic rings. The molecule has 16 heavy (non-hydrogen) atoms. The van der Waals surface area contributed by atoms with Crippen molar-refractivity contribution < 1.29 is 38.3 Å². The largest absolute Gasteiger partial charge is 0.462 e. The molecule has 86 valence electrons. The van der Waals surface area contributed by atoms with Gasteiger partial charge in [0.05, 0.1) is 35.2 Å². The minimum absolute atomic E-state index is 1.09. The van der Waals surface area contributed by atoms with Gasteiger partial charge in [-0.1, -0.05) is 12.1 Å². The smallest absolute Gasteiger partial charge is 0.338 e. The van der Waals surface area contributed by atoms with Crippen LogP contribution in [0.4, 0.5) is 0 Å². The second-order valence-corrected chi connectivity index (χ2v) is 2.23. The lowest BCUT2D eigenvalue weighted by Crippen LogP contribution is -2.13. The molecule has 1 aromatic rings. The highest BCUT2D eigenvalue weighted by Gasteiger charge is 2.17. The van der Waals surface area contributed by atoms with Crippen molar-refractivity contribution in [2.24, 2.45) is 0 Å². The molecule has 0 aliphatic heterocycles. The molecule has 0 amide bonds. The van der Waals surface area contributed by atoms with Gasteiger partial charge in [0.25, 0.3) is 0 Å². The minimum atomic E-state index is -3.63. The fourth-order valence-electron chi connectivity index (χ4n) is 0.813. The molecular formula is C12H14O4. The second-order valence-electron chi connectivity index (χ2n) is 2.23. The van der Waals surface area contributed by atoms with E-state index < -0.39 is 74.1 Å². The predicted molar refractivity (Wildman–Crippen MR) is 58.4 cm³/mol. The van der Waals surface area contributed by atoms with Gasteiger partial charge < -0.3 is 9.47 Å². The van der Waals surface area contributed by atoms with Crippen LogP contribution < -0.4 is 0 Å². The Hall–Kier alpha value is -1.84. The third-order valence-electron chi connectivity index (χ3n) is 1.38. The zero-order chi connectivity index (χ0) is 24.0. The third-order valence-corrected chi connectivity index (χ3v) is 1.38. The summed E-state index contributed by atoms with van der Waals surface area (Å²) in [6.45, 7) is -14.3. The molecule has 0 fully saturated rings. The van der Waals surface area contributed by atoms with E-state index in [4.69, 9.17) is 19.2 Å². The SMILES string of the molecule is [2H]c1c([2H])c([2H])c(C(=O)OC([2H])([2H])C([2H])([2H])[2H])c(C(=O)OC([2H])([2H])C([2H])([2H])[2H])c1[2H]. The molecule has 0 saturated carbocycles. The zero-order valence-corrected chi connectivity index (χ0v) is 7.63. The first kappa shape index (κ1) is 3.09. The lowest BCUT2D eigenvalue weighted by atomic mass is 10.1. The summed E-state index contributed by atoms with van der Waals surface area (Å²) in [5, 5.41) is 0. The molecule has 0 spiro atoms. The highest BCUT2D eigenvalue weighted by Crippen LogP contribution is 2.11. The van der Waals surface area contributed by atoms with Gasteiger partial charge in [0.15, 0.2) is 0 Å². The predicted octanol–water partition coefficient (Wildman–Crippen LogP) is 2.04. The molecule has 0 unspecified atom stereocenters. The standard InChI is InChI=1S/C12H14O4/c1-3-15-11(13)9-7-5-6-8-10(9)12(14)16-4-2/h5-8H,3-4H2,1-2H3/i1D3,2D3,3D2,4D2,5D,6D,7D,8D. The highest BCUT2D eigenvalue weighted by molar-refractivity contribution is 6.03. The van der Waals surface area contributed by atoms with Gasteiger partial charge in [-0.15, -0.1) is 0 Å². The first-order chi connectivity index (χ1) is 13.2. The Morgan fingerprint density at radius 2 is 1.62 bits per heavy atom. The Balaban J connectivity index is 3.66. The van der Waals surface area contributed by atoms with Gasteiger partial charge in [0, 0.05) is 8.22 Å². The molecule has 0 aliphatic carbocycles. The summed E-state index contributed by atoms with van der Waals surface area (Å²) in [6, 6.07) is -4.67. The first-order valence-corrected chi connectivity index (χ1v) is 3.72. The van der Waals surface area contributed by atoms with Crippen molar-refractivity contribution in [1.82, 2.24) is 0 Å².